The normalized spacial score (nSPS) is 12.1. The molecule has 0 spiro atoms. The first-order valence-corrected chi connectivity index (χ1v) is 8.52. The van der Waals surface area contributed by atoms with Gasteiger partial charge in [0.15, 0.2) is 17.5 Å². The average molecular weight is 488 g/mol. The number of rotatable bonds is 8. The van der Waals surface area contributed by atoms with Gasteiger partial charge in [-0.3, -0.25) is 4.98 Å². The molecule has 0 saturated carbocycles. The number of methoxy groups -OCH3 is 1. The van der Waals surface area contributed by atoms with Gasteiger partial charge in [-0.25, -0.2) is 9.38 Å². The van der Waals surface area contributed by atoms with Crippen molar-refractivity contribution in [3.63, 3.8) is 0 Å². The summed E-state index contributed by atoms with van der Waals surface area (Å²) in [4.78, 5) is 8.43. The minimum atomic E-state index is -0.438. The zero-order valence-corrected chi connectivity index (χ0v) is 18.1. The third-order valence-electron chi connectivity index (χ3n) is 3.42. The summed E-state index contributed by atoms with van der Waals surface area (Å²) in [5.41, 5.74) is 0.748. The third-order valence-corrected chi connectivity index (χ3v) is 3.42. The maximum absolute atomic E-state index is 14.3. The molecule has 0 radical (unpaired) electrons. The minimum Gasteiger partial charge on any atom is -0.453 e. The zero-order chi connectivity index (χ0) is 18.8. The summed E-state index contributed by atoms with van der Waals surface area (Å²) < 4.78 is 24.9. The van der Waals surface area contributed by atoms with Crippen molar-refractivity contribution in [2.24, 2.45) is 4.99 Å². The van der Waals surface area contributed by atoms with E-state index in [4.69, 9.17) is 9.47 Å². The number of pyridine rings is 1. The van der Waals surface area contributed by atoms with Crippen molar-refractivity contribution in [3.8, 4) is 11.5 Å². The van der Waals surface area contributed by atoms with Gasteiger partial charge in [0.25, 0.3) is 0 Å². The topological polar surface area (TPSA) is 67.8 Å². The van der Waals surface area contributed by atoms with E-state index in [1.54, 1.807) is 37.6 Å². The molecule has 0 amide bonds. The second-order valence-electron chi connectivity index (χ2n) is 5.75. The fourth-order valence-corrected chi connectivity index (χ4v) is 2.28. The molecule has 0 aliphatic carbocycles. The van der Waals surface area contributed by atoms with Crippen LogP contribution in [0, 0.1) is 5.82 Å². The first kappa shape index (κ1) is 23.1. The number of hydrogen-bond acceptors (Lipinski definition) is 4. The van der Waals surface area contributed by atoms with Crippen LogP contribution in [0.1, 0.15) is 19.4 Å². The summed E-state index contributed by atoms with van der Waals surface area (Å²) in [6.07, 6.45) is 3.17. The second kappa shape index (κ2) is 12.4. The number of aliphatic imine (C=N–C) groups is 1. The zero-order valence-electron chi connectivity index (χ0n) is 15.7. The Labute approximate surface area is 176 Å². The summed E-state index contributed by atoms with van der Waals surface area (Å²) in [7, 11) is 1.65. The van der Waals surface area contributed by atoms with Gasteiger partial charge in [-0.05, 0) is 43.7 Å². The van der Waals surface area contributed by atoms with Crippen LogP contribution in [0.15, 0.2) is 47.7 Å². The molecule has 2 rings (SSSR count). The molecule has 1 atom stereocenters. The number of aromatic nitrogens is 1. The van der Waals surface area contributed by atoms with Gasteiger partial charge in [0.2, 0.25) is 0 Å². The molecule has 8 heteroatoms. The average Bonchev–Trinajstić information content (AvgIpc) is 2.63. The first-order valence-electron chi connectivity index (χ1n) is 8.52. The van der Waals surface area contributed by atoms with Crippen LogP contribution in [0.3, 0.4) is 0 Å². The quantitative estimate of drug-likeness (QED) is 0.337. The van der Waals surface area contributed by atoms with Gasteiger partial charge >= 0.3 is 0 Å². The lowest BCUT2D eigenvalue weighted by atomic mass is 10.2. The molecule has 0 fully saturated rings. The number of hydrogen-bond donors (Lipinski definition) is 2. The number of benzene rings is 1. The third kappa shape index (κ3) is 8.08. The van der Waals surface area contributed by atoms with E-state index in [2.05, 4.69) is 20.6 Å². The van der Waals surface area contributed by atoms with E-state index in [0.29, 0.717) is 24.9 Å². The highest BCUT2D eigenvalue weighted by atomic mass is 127. The molecular weight excluding hydrogens is 462 g/mol. The molecule has 1 heterocycles. The molecule has 0 aliphatic heterocycles. The van der Waals surface area contributed by atoms with E-state index >= 15 is 0 Å². The van der Waals surface area contributed by atoms with Crippen molar-refractivity contribution in [1.82, 2.24) is 15.6 Å². The van der Waals surface area contributed by atoms with Gasteiger partial charge in [0, 0.05) is 25.9 Å². The van der Waals surface area contributed by atoms with Crippen molar-refractivity contribution in [2.75, 3.05) is 20.3 Å². The van der Waals surface area contributed by atoms with Gasteiger partial charge in [0.1, 0.15) is 5.75 Å². The molecule has 2 aromatic rings. The summed E-state index contributed by atoms with van der Waals surface area (Å²) >= 11 is 0. The Balaban J connectivity index is 0.00000364. The van der Waals surface area contributed by atoms with Crippen LogP contribution in [0.2, 0.25) is 0 Å². The number of nitrogens with one attached hydrogen (secondary N) is 2. The van der Waals surface area contributed by atoms with Crippen molar-refractivity contribution >= 4 is 29.9 Å². The van der Waals surface area contributed by atoms with Crippen LogP contribution in [0.4, 0.5) is 4.39 Å². The maximum atomic E-state index is 14.3. The van der Waals surface area contributed by atoms with Gasteiger partial charge in [-0.1, -0.05) is 6.07 Å². The molecule has 2 N–H and O–H groups in total. The first-order chi connectivity index (χ1) is 12.6. The molecule has 148 valence electrons. The standard InChI is InChI=1S/C19H25FN4O2.HI/c1-4-22-19(24-14(2)13-25-3)23-11-15-7-8-18(17(20)10-15)26-16-6-5-9-21-12-16;/h5-10,12,14H,4,11,13H2,1-3H3,(H2,22,23,24);1H. The molecule has 6 nitrogen and oxygen atoms in total. The van der Waals surface area contributed by atoms with Crippen LogP contribution in [-0.2, 0) is 11.3 Å². The smallest absolute Gasteiger partial charge is 0.191 e. The Morgan fingerprint density at radius 1 is 1.33 bits per heavy atom. The number of nitrogens with zero attached hydrogens (tertiary/aromatic N) is 2. The number of ether oxygens (including phenoxy) is 2. The van der Waals surface area contributed by atoms with Crippen LogP contribution in [0.5, 0.6) is 11.5 Å². The summed E-state index contributed by atoms with van der Waals surface area (Å²) in [6.45, 7) is 5.64. The Kier molecular flexibility index (Phi) is 10.6. The lowest BCUT2D eigenvalue weighted by molar-refractivity contribution is 0.179. The summed E-state index contributed by atoms with van der Waals surface area (Å²) in [6, 6.07) is 8.39. The van der Waals surface area contributed by atoms with E-state index < -0.39 is 5.82 Å². The van der Waals surface area contributed by atoms with Gasteiger partial charge in [0.05, 0.1) is 19.3 Å². The molecule has 0 bridgehead atoms. The predicted octanol–water partition coefficient (Wildman–Crippen LogP) is 3.72. The van der Waals surface area contributed by atoms with E-state index in [9.17, 15) is 4.39 Å². The number of halogens is 2. The molecule has 1 aromatic carbocycles. The van der Waals surface area contributed by atoms with Gasteiger partial charge in [-0.2, -0.15) is 0 Å². The van der Waals surface area contributed by atoms with E-state index in [1.165, 1.54) is 12.3 Å². The highest BCUT2D eigenvalue weighted by Gasteiger charge is 2.08. The monoisotopic (exact) mass is 488 g/mol. The molecule has 27 heavy (non-hydrogen) atoms. The van der Waals surface area contributed by atoms with E-state index in [1.807, 2.05) is 13.8 Å². The molecule has 0 aliphatic rings. The predicted molar refractivity (Wildman–Crippen MR) is 115 cm³/mol. The van der Waals surface area contributed by atoms with Crippen molar-refractivity contribution < 1.29 is 13.9 Å². The highest BCUT2D eigenvalue weighted by Crippen LogP contribution is 2.24. The fraction of sp³-hybridized carbons (Fsp3) is 0.368. The lowest BCUT2D eigenvalue weighted by Crippen LogP contribution is -2.43. The Hall–Kier alpha value is -1.94. The fourth-order valence-electron chi connectivity index (χ4n) is 2.28. The SMILES string of the molecule is CCNC(=NCc1ccc(Oc2cccnc2)c(F)c1)NC(C)COC.I. The molecular formula is C19H26FIN4O2. The lowest BCUT2D eigenvalue weighted by Gasteiger charge is -2.17. The number of guanidine groups is 1. The van der Waals surface area contributed by atoms with E-state index in [0.717, 1.165) is 12.1 Å². The van der Waals surface area contributed by atoms with Crippen molar-refractivity contribution in [3.05, 3.63) is 54.1 Å². The van der Waals surface area contributed by atoms with Crippen LogP contribution < -0.4 is 15.4 Å². The molecule has 0 saturated heterocycles. The van der Waals surface area contributed by atoms with Crippen LogP contribution in [0.25, 0.3) is 0 Å². The van der Waals surface area contributed by atoms with Crippen molar-refractivity contribution in [1.29, 1.82) is 0 Å². The van der Waals surface area contributed by atoms with Crippen molar-refractivity contribution in [2.45, 2.75) is 26.4 Å². The second-order valence-corrected chi connectivity index (χ2v) is 5.75. The Bertz CT molecular complexity index is 716. The molecule has 1 unspecified atom stereocenters. The Morgan fingerprint density at radius 2 is 2.15 bits per heavy atom. The van der Waals surface area contributed by atoms with Gasteiger partial charge < -0.3 is 20.1 Å². The maximum Gasteiger partial charge on any atom is 0.191 e. The summed E-state index contributed by atoms with van der Waals surface area (Å²) in [5.74, 6) is 0.868. The van der Waals surface area contributed by atoms with Crippen LogP contribution in [-0.4, -0.2) is 37.2 Å². The van der Waals surface area contributed by atoms with Crippen LogP contribution >= 0.6 is 24.0 Å². The Morgan fingerprint density at radius 3 is 2.78 bits per heavy atom. The van der Waals surface area contributed by atoms with E-state index in [-0.39, 0.29) is 35.8 Å². The largest absolute Gasteiger partial charge is 0.453 e. The van der Waals surface area contributed by atoms with Gasteiger partial charge in [-0.15, -0.1) is 24.0 Å². The summed E-state index contributed by atoms with van der Waals surface area (Å²) in [5, 5.41) is 6.40. The minimum absolute atomic E-state index is 0. The highest BCUT2D eigenvalue weighted by molar-refractivity contribution is 14.0. The molecule has 1 aromatic heterocycles.